The Hall–Kier alpha value is -3.85. The van der Waals surface area contributed by atoms with Crippen LogP contribution in [-0.4, -0.2) is 40.0 Å². The van der Waals surface area contributed by atoms with Crippen LogP contribution >= 0.6 is 0 Å². The third-order valence-corrected chi connectivity index (χ3v) is 4.34. The van der Waals surface area contributed by atoms with Crippen molar-refractivity contribution < 1.29 is 24.2 Å². The van der Waals surface area contributed by atoms with Gasteiger partial charge in [-0.3, -0.25) is 9.59 Å². The molecule has 2 aromatic carbocycles. The van der Waals surface area contributed by atoms with Gasteiger partial charge in [0.15, 0.2) is 11.5 Å². The zero-order valence-electron chi connectivity index (χ0n) is 15.2. The summed E-state index contributed by atoms with van der Waals surface area (Å²) in [5, 5.41) is 19.3. The fourth-order valence-electron chi connectivity index (χ4n) is 2.82. The second kappa shape index (κ2) is 8.03. The monoisotopic (exact) mass is 394 g/mol. The van der Waals surface area contributed by atoms with Gasteiger partial charge in [-0.2, -0.15) is 5.10 Å². The largest absolute Gasteiger partial charge is 0.454 e. The molecule has 1 aliphatic rings. The average molecular weight is 394 g/mol. The van der Waals surface area contributed by atoms with Gasteiger partial charge < -0.3 is 25.2 Å². The molecule has 0 aliphatic carbocycles. The number of benzene rings is 2. The number of anilines is 1. The Morgan fingerprint density at radius 2 is 1.90 bits per heavy atom. The van der Waals surface area contributed by atoms with Crippen LogP contribution in [0.15, 0.2) is 60.9 Å². The molecular weight excluding hydrogens is 376 g/mol. The van der Waals surface area contributed by atoms with Crippen LogP contribution in [-0.2, 0) is 9.59 Å². The Bertz CT molecular complexity index is 1020. The van der Waals surface area contributed by atoms with Gasteiger partial charge in [0.2, 0.25) is 6.79 Å². The molecule has 148 valence electrons. The first kappa shape index (κ1) is 18.5. The lowest BCUT2D eigenvalue weighted by molar-refractivity contribution is -0.136. The molecule has 2 amide bonds. The highest BCUT2D eigenvalue weighted by molar-refractivity contribution is 6.39. The number of carbonyl (C=O) groups excluding carboxylic acids is 2. The quantitative estimate of drug-likeness (QED) is 0.564. The van der Waals surface area contributed by atoms with Crippen molar-refractivity contribution in [3.8, 4) is 17.2 Å². The fourth-order valence-corrected chi connectivity index (χ4v) is 2.82. The van der Waals surface area contributed by atoms with Gasteiger partial charge in [-0.1, -0.05) is 12.1 Å². The Kier molecular flexibility index (Phi) is 5.12. The predicted octanol–water partition coefficient (Wildman–Crippen LogP) is 1.39. The molecule has 1 aliphatic heterocycles. The summed E-state index contributed by atoms with van der Waals surface area (Å²) in [4.78, 5) is 24.1. The van der Waals surface area contributed by atoms with Crippen molar-refractivity contribution in [2.75, 3.05) is 18.7 Å². The molecule has 0 radical (unpaired) electrons. The van der Waals surface area contributed by atoms with E-state index in [2.05, 4.69) is 15.7 Å². The van der Waals surface area contributed by atoms with Gasteiger partial charge in [-0.05, 0) is 35.9 Å². The number of nitrogens with one attached hydrogen (secondary N) is 2. The minimum atomic E-state index is -0.955. The van der Waals surface area contributed by atoms with Crippen LogP contribution in [0.2, 0.25) is 0 Å². The molecule has 1 unspecified atom stereocenters. The van der Waals surface area contributed by atoms with E-state index in [1.807, 2.05) is 12.3 Å². The van der Waals surface area contributed by atoms with Crippen molar-refractivity contribution >= 4 is 17.5 Å². The van der Waals surface area contributed by atoms with E-state index in [1.165, 1.54) is 0 Å². The van der Waals surface area contributed by atoms with Crippen LogP contribution in [0.5, 0.6) is 11.5 Å². The van der Waals surface area contributed by atoms with E-state index in [4.69, 9.17) is 9.47 Å². The highest BCUT2D eigenvalue weighted by atomic mass is 16.7. The fraction of sp³-hybridized carbons (Fsp3) is 0.150. The summed E-state index contributed by atoms with van der Waals surface area (Å²) >= 11 is 0. The summed E-state index contributed by atoms with van der Waals surface area (Å²) in [6.07, 6.45) is 2.53. The number of hydrogen-bond donors (Lipinski definition) is 3. The molecule has 1 atom stereocenters. The number of ether oxygens (including phenoxy) is 2. The van der Waals surface area contributed by atoms with Crippen LogP contribution in [0, 0.1) is 0 Å². The van der Waals surface area contributed by atoms with Crippen molar-refractivity contribution in [2.24, 2.45) is 0 Å². The van der Waals surface area contributed by atoms with Gasteiger partial charge in [0.05, 0.1) is 11.8 Å². The van der Waals surface area contributed by atoms with Gasteiger partial charge in [-0.25, -0.2) is 4.68 Å². The normalized spacial score (nSPS) is 13.0. The zero-order chi connectivity index (χ0) is 20.2. The first-order valence-corrected chi connectivity index (χ1v) is 8.87. The third-order valence-electron chi connectivity index (χ3n) is 4.34. The molecule has 0 bridgehead atoms. The molecule has 2 heterocycles. The number of nitrogens with zero attached hydrogens (tertiary/aromatic N) is 2. The zero-order valence-corrected chi connectivity index (χ0v) is 15.2. The molecule has 29 heavy (non-hydrogen) atoms. The van der Waals surface area contributed by atoms with Gasteiger partial charge in [0, 0.05) is 30.7 Å². The summed E-state index contributed by atoms with van der Waals surface area (Å²) in [5.74, 6) is -0.619. The summed E-state index contributed by atoms with van der Waals surface area (Å²) in [6.45, 7) is 0.0164. The lowest BCUT2D eigenvalue weighted by Crippen LogP contribution is -2.37. The Morgan fingerprint density at radius 3 is 2.66 bits per heavy atom. The maximum atomic E-state index is 12.1. The van der Waals surface area contributed by atoms with Gasteiger partial charge in [0.1, 0.15) is 0 Å². The maximum Gasteiger partial charge on any atom is 0.313 e. The van der Waals surface area contributed by atoms with E-state index in [0.717, 1.165) is 5.69 Å². The molecule has 0 saturated heterocycles. The van der Waals surface area contributed by atoms with E-state index in [-0.39, 0.29) is 13.3 Å². The highest BCUT2D eigenvalue weighted by Gasteiger charge is 2.18. The molecule has 4 rings (SSSR count). The Morgan fingerprint density at radius 1 is 1.10 bits per heavy atom. The molecule has 0 spiro atoms. The van der Waals surface area contributed by atoms with Crippen LogP contribution in [0.1, 0.15) is 11.7 Å². The topological polar surface area (TPSA) is 115 Å². The Balaban J connectivity index is 1.30. The number of rotatable bonds is 5. The molecule has 0 saturated carbocycles. The smallest absolute Gasteiger partial charge is 0.313 e. The van der Waals surface area contributed by atoms with E-state index in [9.17, 15) is 14.7 Å². The maximum absolute atomic E-state index is 12.1. The summed E-state index contributed by atoms with van der Waals surface area (Å²) < 4.78 is 12.1. The molecule has 0 fully saturated rings. The van der Waals surface area contributed by atoms with Crippen LogP contribution < -0.4 is 20.1 Å². The van der Waals surface area contributed by atoms with Crippen molar-refractivity contribution in [3.63, 3.8) is 0 Å². The molecule has 1 aromatic heterocycles. The van der Waals surface area contributed by atoms with Crippen LogP contribution in [0.4, 0.5) is 5.69 Å². The highest BCUT2D eigenvalue weighted by Crippen LogP contribution is 2.34. The number of aliphatic hydroxyl groups excluding tert-OH is 1. The lowest BCUT2D eigenvalue weighted by atomic mass is 10.1. The van der Waals surface area contributed by atoms with Crippen molar-refractivity contribution in [2.45, 2.75) is 6.10 Å². The SMILES string of the molecule is O=C(NCC(O)c1ccc(-n2cccn2)cc1)C(=O)Nc1ccc2c(c1)OCO2. The predicted molar refractivity (Wildman–Crippen MR) is 103 cm³/mol. The summed E-state index contributed by atoms with van der Waals surface area (Å²) in [6, 6.07) is 13.7. The number of fused-ring (bicyclic) bond motifs is 1. The minimum Gasteiger partial charge on any atom is -0.454 e. The Labute approximate surface area is 165 Å². The van der Waals surface area contributed by atoms with Gasteiger partial charge in [0.25, 0.3) is 0 Å². The number of amides is 2. The van der Waals surface area contributed by atoms with E-state index in [1.54, 1.807) is 53.3 Å². The first-order valence-electron chi connectivity index (χ1n) is 8.87. The lowest BCUT2D eigenvalue weighted by Gasteiger charge is -2.13. The molecule has 3 N–H and O–H groups in total. The number of aliphatic hydroxyl groups is 1. The molecule has 9 nitrogen and oxygen atoms in total. The van der Waals surface area contributed by atoms with Gasteiger partial charge in [-0.15, -0.1) is 0 Å². The van der Waals surface area contributed by atoms with E-state index >= 15 is 0 Å². The standard InChI is InChI=1S/C20H18N4O5/c25-16(13-2-5-15(6-3-13)24-9-1-8-22-24)11-21-19(26)20(27)23-14-4-7-17-18(10-14)29-12-28-17/h1-10,16,25H,11-12H2,(H,21,26)(H,23,27). The van der Waals surface area contributed by atoms with Crippen molar-refractivity contribution in [1.29, 1.82) is 0 Å². The third kappa shape index (κ3) is 4.19. The molecular formula is C20H18N4O5. The summed E-state index contributed by atoms with van der Waals surface area (Å²) in [7, 11) is 0. The first-order chi connectivity index (χ1) is 14.1. The number of aromatic nitrogens is 2. The van der Waals surface area contributed by atoms with Crippen LogP contribution in [0.3, 0.4) is 0 Å². The minimum absolute atomic E-state index is 0.103. The second-order valence-corrected chi connectivity index (χ2v) is 6.29. The van der Waals surface area contributed by atoms with Crippen LogP contribution in [0.25, 0.3) is 5.69 Å². The second-order valence-electron chi connectivity index (χ2n) is 6.29. The van der Waals surface area contributed by atoms with Crippen molar-refractivity contribution in [1.82, 2.24) is 15.1 Å². The average Bonchev–Trinajstić information content (AvgIpc) is 3.43. The number of hydrogen-bond acceptors (Lipinski definition) is 6. The van der Waals surface area contributed by atoms with E-state index in [0.29, 0.717) is 22.7 Å². The van der Waals surface area contributed by atoms with Gasteiger partial charge >= 0.3 is 11.8 Å². The molecule has 9 heteroatoms. The van der Waals surface area contributed by atoms with Crippen molar-refractivity contribution in [3.05, 3.63) is 66.5 Å². The summed E-state index contributed by atoms with van der Waals surface area (Å²) in [5.41, 5.74) is 1.86. The molecule has 3 aromatic rings. The number of carbonyl (C=O) groups is 2. The van der Waals surface area contributed by atoms with E-state index < -0.39 is 17.9 Å².